The first-order valence-electron chi connectivity index (χ1n) is 9.66. The maximum absolute atomic E-state index is 12.2. The highest BCUT2D eigenvalue weighted by Crippen LogP contribution is 2.24. The van der Waals surface area contributed by atoms with Gasteiger partial charge in [0.2, 0.25) is 5.91 Å². The number of β-amino-alcohol motifs (C(OH)–C–C–N with tert-alkyl or cyclic N) is 1. The molecule has 0 aromatic heterocycles. The summed E-state index contributed by atoms with van der Waals surface area (Å²) in [6.45, 7) is 4.20. The van der Waals surface area contributed by atoms with Gasteiger partial charge in [-0.15, -0.1) is 0 Å². The fourth-order valence-electron chi connectivity index (χ4n) is 4.07. The van der Waals surface area contributed by atoms with Gasteiger partial charge in [-0.3, -0.25) is 14.6 Å². The predicted octanol–water partition coefficient (Wildman–Crippen LogP) is 1.27. The Hall–Kier alpha value is -1.43. The number of nitrogens with zero attached hydrogens (tertiary/aromatic N) is 2. The Morgan fingerprint density at radius 2 is 1.88 bits per heavy atom. The minimum atomic E-state index is -0.361. The van der Waals surface area contributed by atoms with Crippen molar-refractivity contribution in [2.75, 3.05) is 39.3 Å². The highest BCUT2D eigenvalue weighted by atomic mass is 16.3. The zero-order valence-corrected chi connectivity index (χ0v) is 15.1. The molecule has 1 saturated carbocycles. The molecule has 1 heterocycles. The van der Waals surface area contributed by atoms with Gasteiger partial charge >= 0.3 is 0 Å². The van der Waals surface area contributed by atoms with E-state index in [0.717, 1.165) is 26.1 Å². The lowest BCUT2D eigenvalue weighted by Crippen LogP contribution is -2.41. The van der Waals surface area contributed by atoms with Gasteiger partial charge in [0.25, 0.3) is 0 Å². The third-order valence-corrected chi connectivity index (χ3v) is 5.40. The Balaban J connectivity index is 1.40. The number of hydrogen-bond acceptors (Lipinski definition) is 4. The van der Waals surface area contributed by atoms with Crippen LogP contribution in [0.15, 0.2) is 30.3 Å². The zero-order valence-electron chi connectivity index (χ0n) is 15.1. The molecule has 0 spiro atoms. The summed E-state index contributed by atoms with van der Waals surface area (Å²) in [5, 5.41) is 13.3. The van der Waals surface area contributed by atoms with Crippen molar-refractivity contribution in [3.63, 3.8) is 0 Å². The molecule has 138 valence electrons. The van der Waals surface area contributed by atoms with E-state index in [0.29, 0.717) is 25.7 Å². The van der Waals surface area contributed by atoms with Crippen molar-refractivity contribution in [3.05, 3.63) is 35.9 Å². The van der Waals surface area contributed by atoms with Gasteiger partial charge in [0, 0.05) is 38.8 Å². The summed E-state index contributed by atoms with van der Waals surface area (Å²) in [6, 6.07) is 10.8. The zero-order chi connectivity index (χ0) is 17.5. The van der Waals surface area contributed by atoms with Gasteiger partial charge in [-0.05, 0) is 24.8 Å². The molecule has 1 aliphatic carbocycles. The van der Waals surface area contributed by atoms with Gasteiger partial charge in [0.1, 0.15) is 0 Å². The lowest BCUT2D eigenvalue weighted by atomic mass is 10.1. The normalized spacial score (nSPS) is 23.5. The molecule has 0 bridgehead atoms. The third-order valence-electron chi connectivity index (χ3n) is 5.40. The standard InChI is InChI=1S/C20H31N3O2/c24-19-14-22(12-13-23(15-19)18-8-4-5-9-18)16-20(25)21-11-10-17-6-2-1-3-7-17/h1-3,6-7,18-19,24H,4-5,8-16H2,(H,21,25). The number of amides is 1. The van der Waals surface area contributed by atoms with Gasteiger partial charge in [0.15, 0.2) is 0 Å². The second kappa shape index (κ2) is 9.32. The van der Waals surface area contributed by atoms with Gasteiger partial charge in [-0.1, -0.05) is 43.2 Å². The van der Waals surface area contributed by atoms with Crippen molar-refractivity contribution in [1.29, 1.82) is 0 Å². The van der Waals surface area contributed by atoms with E-state index in [2.05, 4.69) is 27.2 Å². The van der Waals surface area contributed by atoms with E-state index in [1.165, 1.54) is 31.2 Å². The summed E-state index contributed by atoms with van der Waals surface area (Å²) < 4.78 is 0. The van der Waals surface area contributed by atoms with Gasteiger partial charge in [-0.25, -0.2) is 0 Å². The minimum absolute atomic E-state index is 0.0532. The molecular weight excluding hydrogens is 314 g/mol. The SMILES string of the molecule is O=C(CN1CCN(C2CCCC2)CC(O)C1)NCCc1ccccc1. The summed E-state index contributed by atoms with van der Waals surface area (Å²) >= 11 is 0. The molecule has 5 heteroatoms. The van der Waals surface area contributed by atoms with E-state index in [1.54, 1.807) is 0 Å². The van der Waals surface area contributed by atoms with Crippen LogP contribution in [-0.4, -0.2) is 72.2 Å². The molecular formula is C20H31N3O2. The van der Waals surface area contributed by atoms with Gasteiger partial charge < -0.3 is 10.4 Å². The van der Waals surface area contributed by atoms with E-state index in [-0.39, 0.29) is 12.0 Å². The predicted molar refractivity (Wildman–Crippen MR) is 99.4 cm³/mol. The fraction of sp³-hybridized carbons (Fsp3) is 0.650. The lowest BCUT2D eigenvalue weighted by molar-refractivity contribution is -0.122. The molecule has 1 amide bonds. The Labute approximate surface area is 151 Å². The van der Waals surface area contributed by atoms with Crippen LogP contribution < -0.4 is 5.32 Å². The number of nitrogens with one attached hydrogen (secondary N) is 1. The van der Waals surface area contributed by atoms with Crippen molar-refractivity contribution >= 4 is 5.91 Å². The Morgan fingerprint density at radius 1 is 1.12 bits per heavy atom. The monoisotopic (exact) mass is 345 g/mol. The number of hydrogen-bond donors (Lipinski definition) is 2. The topological polar surface area (TPSA) is 55.8 Å². The van der Waals surface area contributed by atoms with Crippen LogP contribution in [0.2, 0.25) is 0 Å². The lowest BCUT2D eigenvalue weighted by Gasteiger charge is -2.28. The van der Waals surface area contributed by atoms with Crippen LogP contribution in [0.5, 0.6) is 0 Å². The van der Waals surface area contributed by atoms with Crippen LogP contribution in [0.25, 0.3) is 0 Å². The van der Waals surface area contributed by atoms with E-state index >= 15 is 0 Å². The van der Waals surface area contributed by atoms with Crippen molar-refractivity contribution in [2.24, 2.45) is 0 Å². The van der Waals surface area contributed by atoms with Crippen molar-refractivity contribution in [1.82, 2.24) is 15.1 Å². The molecule has 3 rings (SSSR count). The number of aliphatic hydroxyl groups is 1. The van der Waals surface area contributed by atoms with Crippen LogP contribution in [0.4, 0.5) is 0 Å². The minimum Gasteiger partial charge on any atom is -0.390 e. The highest BCUT2D eigenvalue weighted by molar-refractivity contribution is 5.78. The van der Waals surface area contributed by atoms with Crippen LogP contribution >= 0.6 is 0 Å². The average Bonchev–Trinajstić information content (AvgIpc) is 3.07. The average molecular weight is 345 g/mol. The summed E-state index contributed by atoms with van der Waals surface area (Å²) in [6.07, 6.45) is 5.62. The van der Waals surface area contributed by atoms with E-state index in [1.807, 2.05) is 18.2 Å². The highest BCUT2D eigenvalue weighted by Gasteiger charge is 2.28. The number of rotatable bonds is 6. The molecule has 1 unspecified atom stereocenters. The van der Waals surface area contributed by atoms with Crippen LogP contribution in [0.1, 0.15) is 31.2 Å². The number of carbonyl (C=O) groups is 1. The Kier molecular flexibility index (Phi) is 6.84. The molecule has 1 atom stereocenters. The third kappa shape index (κ3) is 5.80. The molecule has 0 radical (unpaired) electrons. The Bertz CT molecular complexity index is 531. The summed E-state index contributed by atoms with van der Waals surface area (Å²) in [7, 11) is 0. The molecule has 25 heavy (non-hydrogen) atoms. The van der Waals surface area contributed by atoms with E-state index in [4.69, 9.17) is 0 Å². The molecule has 2 fully saturated rings. The van der Waals surface area contributed by atoms with Crippen LogP contribution in [0, 0.1) is 0 Å². The number of benzene rings is 1. The quantitative estimate of drug-likeness (QED) is 0.815. The first-order chi connectivity index (χ1) is 12.2. The number of carbonyl (C=O) groups excluding carboxylic acids is 1. The van der Waals surface area contributed by atoms with Crippen molar-refractivity contribution in [2.45, 2.75) is 44.2 Å². The maximum Gasteiger partial charge on any atom is 0.234 e. The molecule has 5 nitrogen and oxygen atoms in total. The maximum atomic E-state index is 12.2. The van der Waals surface area contributed by atoms with E-state index in [9.17, 15) is 9.90 Å². The summed E-state index contributed by atoms with van der Waals surface area (Å²) in [4.78, 5) is 16.7. The van der Waals surface area contributed by atoms with Crippen molar-refractivity contribution < 1.29 is 9.90 Å². The smallest absolute Gasteiger partial charge is 0.234 e. The largest absolute Gasteiger partial charge is 0.390 e. The fourth-order valence-corrected chi connectivity index (χ4v) is 4.07. The number of aliphatic hydroxyl groups excluding tert-OH is 1. The first-order valence-corrected chi connectivity index (χ1v) is 9.66. The van der Waals surface area contributed by atoms with Gasteiger partial charge in [-0.2, -0.15) is 0 Å². The second-order valence-corrected chi connectivity index (χ2v) is 7.41. The van der Waals surface area contributed by atoms with Crippen LogP contribution in [0.3, 0.4) is 0 Å². The summed E-state index contributed by atoms with van der Waals surface area (Å²) in [5.41, 5.74) is 1.24. The first kappa shape index (κ1) is 18.4. The molecule has 1 saturated heterocycles. The Morgan fingerprint density at radius 3 is 2.64 bits per heavy atom. The van der Waals surface area contributed by atoms with Crippen molar-refractivity contribution in [3.8, 4) is 0 Å². The molecule has 1 aromatic rings. The molecule has 1 aromatic carbocycles. The van der Waals surface area contributed by atoms with E-state index < -0.39 is 0 Å². The second-order valence-electron chi connectivity index (χ2n) is 7.41. The van der Waals surface area contributed by atoms with Gasteiger partial charge in [0.05, 0.1) is 12.6 Å². The molecule has 1 aliphatic heterocycles. The molecule has 2 N–H and O–H groups in total. The molecule has 2 aliphatic rings. The summed E-state index contributed by atoms with van der Waals surface area (Å²) in [5.74, 6) is 0.0532. The van der Waals surface area contributed by atoms with Crippen LogP contribution in [-0.2, 0) is 11.2 Å².